The average Bonchev–Trinajstić information content (AvgIpc) is 1.35. The normalized spacial score (nSPS) is 10.0. The first-order valence-electron chi connectivity index (χ1n) is 2.17. The van der Waals surface area contributed by atoms with Crippen LogP contribution in [0.5, 0.6) is 0 Å². The Morgan fingerprint density at radius 2 is 2.17 bits per heavy atom. The first-order valence-corrected chi connectivity index (χ1v) is 2.17. The molecule has 0 saturated carbocycles. The Morgan fingerprint density at radius 3 is 2.17 bits per heavy atom. The quantitative estimate of drug-likeness (QED) is 0.487. The lowest BCUT2D eigenvalue weighted by Gasteiger charge is -1.97. The van der Waals surface area contributed by atoms with Gasteiger partial charge in [-0.3, -0.25) is 0 Å². The van der Waals surface area contributed by atoms with Gasteiger partial charge in [0.25, 0.3) is 0 Å². The molecule has 2 N–H and O–H groups in total. The Kier molecular flexibility index (Phi) is 3.08. The van der Waals surface area contributed by atoms with E-state index < -0.39 is 0 Å². The molecule has 2 nitrogen and oxygen atoms in total. The maximum absolute atomic E-state index is 6.48. The van der Waals surface area contributed by atoms with Crippen LogP contribution in [0.15, 0.2) is 0 Å². The number of rotatable bonds is 2. The standard InChI is InChI=1S/C4H11N2/c1-4(2)3-6-5/h4-6H,3H2,1-2H3. The van der Waals surface area contributed by atoms with Crippen LogP contribution < -0.4 is 11.3 Å². The minimum absolute atomic E-state index is 0.600. The van der Waals surface area contributed by atoms with Gasteiger partial charge in [0, 0.05) is 6.54 Å². The highest BCUT2D eigenvalue weighted by atomic mass is 15.2. The Bertz CT molecular complexity index is 26.7. The van der Waals surface area contributed by atoms with E-state index in [-0.39, 0.29) is 0 Å². The lowest BCUT2D eigenvalue weighted by Crippen LogP contribution is -2.16. The van der Waals surface area contributed by atoms with Gasteiger partial charge in [0.15, 0.2) is 0 Å². The fraction of sp³-hybridized carbons (Fsp3) is 1.00. The van der Waals surface area contributed by atoms with Crippen LogP contribution in [0.4, 0.5) is 0 Å². The van der Waals surface area contributed by atoms with Gasteiger partial charge in [-0.15, -0.1) is 0 Å². The Morgan fingerprint density at radius 1 is 1.67 bits per heavy atom. The summed E-state index contributed by atoms with van der Waals surface area (Å²) in [5.74, 6) is 7.08. The average molecular weight is 87.1 g/mol. The van der Waals surface area contributed by atoms with E-state index in [1.54, 1.807) is 0 Å². The van der Waals surface area contributed by atoms with E-state index in [2.05, 4.69) is 19.3 Å². The van der Waals surface area contributed by atoms with Crippen LogP contribution in [0.25, 0.3) is 0 Å². The molecule has 0 heterocycles. The summed E-state index contributed by atoms with van der Waals surface area (Å²) in [6, 6.07) is 0. The van der Waals surface area contributed by atoms with Crippen molar-refractivity contribution in [1.82, 2.24) is 11.3 Å². The smallest absolute Gasteiger partial charge is 0.0137 e. The zero-order valence-electron chi connectivity index (χ0n) is 4.28. The van der Waals surface area contributed by atoms with E-state index in [1.165, 1.54) is 0 Å². The third-order valence-corrected chi connectivity index (χ3v) is 0.510. The van der Waals surface area contributed by atoms with Crippen molar-refractivity contribution in [2.75, 3.05) is 6.54 Å². The molecule has 0 rings (SSSR count). The summed E-state index contributed by atoms with van der Waals surface area (Å²) < 4.78 is 0. The molecule has 37 valence electrons. The summed E-state index contributed by atoms with van der Waals surface area (Å²) in [6.07, 6.45) is 0. The minimum atomic E-state index is 0.600. The van der Waals surface area contributed by atoms with Crippen LogP contribution >= 0.6 is 0 Å². The lowest BCUT2D eigenvalue weighted by molar-refractivity contribution is 0.558. The van der Waals surface area contributed by atoms with Gasteiger partial charge in [-0.1, -0.05) is 13.8 Å². The summed E-state index contributed by atoms with van der Waals surface area (Å²) >= 11 is 0. The fourth-order valence-corrected chi connectivity index (χ4v) is 0.204. The molecule has 0 aromatic rings. The van der Waals surface area contributed by atoms with Crippen molar-refractivity contribution >= 4 is 0 Å². The summed E-state index contributed by atoms with van der Waals surface area (Å²) in [5, 5.41) is 0. The predicted octanol–water partition coefficient (Wildman–Crippen LogP) is 0.430. The zero-order valence-corrected chi connectivity index (χ0v) is 4.28. The first kappa shape index (κ1) is 5.92. The predicted molar refractivity (Wildman–Crippen MR) is 25.9 cm³/mol. The van der Waals surface area contributed by atoms with Crippen LogP contribution in [-0.2, 0) is 0 Å². The van der Waals surface area contributed by atoms with Gasteiger partial charge in [0.05, 0.1) is 0 Å². The maximum atomic E-state index is 6.48. The second-order valence-corrected chi connectivity index (χ2v) is 1.77. The Balaban J connectivity index is 2.63. The highest BCUT2D eigenvalue weighted by molar-refractivity contribution is 4.40. The molecule has 0 atom stereocenters. The largest absolute Gasteiger partial charge is 0.243 e. The Labute approximate surface area is 38.7 Å². The van der Waals surface area contributed by atoms with E-state index in [0.29, 0.717) is 5.92 Å². The van der Waals surface area contributed by atoms with Gasteiger partial charge in [0.1, 0.15) is 0 Å². The Hall–Kier alpha value is -0.0800. The molecule has 0 aliphatic carbocycles. The number of nitrogens with one attached hydrogen (secondary N) is 2. The molecule has 0 aromatic carbocycles. The van der Waals surface area contributed by atoms with Gasteiger partial charge >= 0.3 is 0 Å². The third-order valence-electron chi connectivity index (χ3n) is 0.510. The highest BCUT2D eigenvalue weighted by Gasteiger charge is 1.85. The molecule has 0 fully saturated rings. The fourth-order valence-electron chi connectivity index (χ4n) is 0.204. The molecule has 0 aliphatic rings. The molecular formula is C4H11N2. The zero-order chi connectivity index (χ0) is 4.99. The monoisotopic (exact) mass is 87.1 g/mol. The van der Waals surface area contributed by atoms with E-state index in [9.17, 15) is 0 Å². The van der Waals surface area contributed by atoms with Crippen LogP contribution in [0.1, 0.15) is 13.8 Å². The summed E-state index contributed by atoms with van der Waals surface area (Å²) in [4.78, 5) is 0. The molecule has 0 aromatic heterocycles. The van der Waals surface area contributed by atoms with Crippen molar-refractivity contribution in [3.8, 4) is 0 Å². The number of hydrogen-bond acceptors (Lipinski definition) is 1. The SMILES string of the molecule is CC(C)CN[NH]. The van der Waals surface area contributed by atoms with Gasteiger partial charge in [-0.25, -0.2) is 5.43 Å². The molecule has 0 saturated heterocycles. The minimum Gasteiger partial charge on any atom is -0.243 e. The molecule has 2 heteroatoms. The summed E-state index contributed by atoms with van der Waals surface area (Å²) in [7, 11) is 0. The third kappa shape index (κ3) is 3.92. The van der Waals surface area contributed by atoms with Crippen LogP contribution in [0.2, 0.25) is 0 Å². The van der Waals surface area contributed by atoms with Gasteiger partial charge < -0.3 is 0 Å². The van der Waals surface area contributed by atoms with E-state index >= 15 is 0 Å². The second kappa shape index (κ2) is 3.12. The number of hydrogen-bond donors (Lipinski definition) is 1. The molecule has 1 radical (unpaired) electrons. The van der Waals surface area contributed by atoms with Gasteiger partial charge in [-0.05, 0) is 5.92 Å². The molecule has 0 spiro atoms. The van der Waals surface area contributed by atoms with Crippen molar-refractivity contribution in [2.45, 2.75) is 13.8 Å². The molecular weight excluding hydrogens is 76.1 g/mol. The van der Waals surface area contributed by atoms with Gasteiger partial charge in [0.2, 0.25) is 0 Å². The van der Waals surface area contributed by atoms with Crippen molar-refractivity contribution < 1.29 is 0 Å². The van der Waals surface area contributed by atoms with Crippen molar-refractivity contribution in [2.24, 2.45) is 5.92 Å². The van der Waals surface area contributed by atoms with Crippen molar-refractivity contribution in [1.29, 1.82) is 0 Å². The topological polar surface area (TPSA) is 35.8 Å². The van der Waals surface area contributed by atoms with Gasteiger partial charge in [-0.2, -0.15) is 5.84 Å². The highest BCUT2D eigenvalue weighted by Crippen LogP contribution is 1.83. The first-order chi connectivity index (χ1) is 2.77. The molecule has 6 heavy (non-hydrogen) atoms. The molecule has 0 amide bonds. The maximum Gasteiger partial charge on any atom is 0.0137 e. The van der Waals surface area contributed by atoms with E-state index in [4.69, 9.17) is 5.84 Å². The van der Waals surface area contributed by atoms with Crippen LogP contribution in [0, 0.1) is 5.92 Å². The van der Waals surface area contributed by atoms with Crippen molar-refractivity contribution in [3.63, 3.8) is 0 Å². The molecule has 0 unspecified atom stereocenters. The summed E-state index contributed by atoms with van der Waals surface area (Å²) in [5.41, 5.74) is 2.32. The second-order valence-electron chi connectivity index (χ2n) is 1.77. The van der Waals surface area contributed by atoms with Crippen LogP contribution in [0.3, 0.4) is 0 Å². The molecule has 0 bridgehead atoms. The molecule has 0 aliphatic heterocycles. The van der Waals surface area contributed by atoms with Crippen molar-refractivity contribution in [3.05, 3.63) is 0 Å². The summed E-state index contributed by atoms with van der Waals surface area (Å²) in [6.45, 7) is 4.93. The van der Waals surface area contributed by atoms with Crippen LogP contribution in [-0.4, -0.2) is 6.54 Å². The van der Waals surface area contributed by atoms with E-state index in [1.807, 2.05) is 0 Å². The van der Waals surface area contributed by atoms with E-state index in [0.717, 1.165) is 6.54 Å². The lowest BCUT2D eigenvalue weighted by atomic mass is 10.2.